The molecule has 2 amide bonds. The predicted octanol–water partition coefficient (Wildman–Crippen LogP) is 4.81. The molecule has 2 aliphatic carbocycles. The van der Waals surface area contributed by atoms with Crippen LogP contribution in [0.3, 0.4) is 0 Å². The Balaban J connectivity index is 0.000000203. The first-order valence-corrected chi connectivity index (χ1v) is 17.3. The van der Waals surface area contributed by atoms with Crippen molar-refractivity contribution in [1.29, 1.82) is 0 Å². The van der Waals surface area contributed by atoms with Crippen LogP contribution in [0.1, 0.15) is 70.7 Å². The van der Waals surface area contributed by atoms with Gasteiger partial charge in [-0.05, 0) is 62.1 Å². The SMILES string of the molecule is CCOC(=O)C1(NC(=O)c2ccncc2F)Cc2ccccc2C1.CCOC(=O)C1(NC(=O)c2ccncc2N(C)C(C)C)Cc2ccccc2C1. The van der Waals surface area contributed by atoms with Gasteiger partial charge in [-0.3, -0.25) is 19.6 Å². The van der Waals surface area contributed by atoms with Gasteiger partial charge >= 0.3 is 11.9 Å². The van der Waals surface area contributed by atoms with Gasteiger partial charge in [0, 0.05) is 51.2 Å². The second-order valence-electron chi connectivity index (χ2n) is 13.2. The number of hydrogen-bond donors (Lipinski definition) is 2. The zero-order valence-electron chi connectivity index (χ0n) is 30.1. The second-order valence-corrected chi connectivity index (χ2v) is 13.2. The number of aromatic nitrogens is 2. The highest BCUT2D eigenvalue weighted by molar-refractivity contribution is 6.03. The molecule has 4 aromatic rings. The van der Waals surface area contributed by atoms with E-state index >= 15 is 0 Å². The first-order chi connectivity index (χ1) is 24.9. The van der Waals surface area contributed by atoms with Gasteiger partial charge < -0.3 is 25.0 Å². The van der Waals surface area contributed by atoms with Crippen molar-refractivity contribution >= 4 is 29.4 Å². The van der Waals surface area contributed by atoms with Crippen LogP contribution in [0.4, 0.5) is 10.1 Å². The molecule has 0 atom stereocenters. The third kappa shape index (κ3) is 7.96. The Morgan fingerprint density at radius 3 is 1.52 bits per heavy atom. The monoisotopic (exact) mass is 709 g/mol. The highest BCUT2D eigenvalue weighted by Gasteiger charge is 2.48. The number of ether oxygens (including phenoxy) is 2. The maximum atomic E-state index is 13.8. The molecule has 2 aromatic heterocycles. The van der Waals surface area contributed by atoms with E-state index in [9.17, 15) is 23.6 Å². The number of carbonyl (C=O) groups is 4. The zero-order chi connectivity index (χ0) is 37.5. The van der Waals surface area contributed by atoms with Crippen LogP contribution in [0.25, 0.3) is 0 Å². The number of amides is 2. The minimum absolute atomic E-state index is 0.148. The number of fused-ring (bicyclic) bond motifs is 2. The van der Waals surface area contributed by atoms with Crippen molar-refractivity contribution in [3.8, 4) is 0 Å². The summed E-state index contributed by atoms with van der Waals surface area (Å²) in [5.74, 6) is -2.59. The van der Waals surface area contributed by atoms with Crippen LogP contribution in [-0.4, -0.2) is 71.1 Å². The lowest BCUT2D eigenvalue weighted by Gasteiger charge is -2.30. The average Bonchev–Trinajstić information content (AvgIpc) is 3.71. The first-order valence-electron chi connectivity index (χ1n) is 17.3. The van der Waals surface area contributed by atoms with Gasteiger partial charge in [-0.1, -0.05) is 48.5 Å². The van der Waals surface area contributed by atoms with Crippen LogP contribution in [0, 0.1) is 5.82 Å². The quantitative estimate of drug-likeness (QED) is 0.222. The van der Waals surface area contributed by atoms with E-state index < -0.39 is 34.7 Å². The average molecular weight is 710 g/mol. The molecule has 0 radical (unpaired) electrons. The van der Waals surface area contributed by atoms with Crippen LogP contribution in [-0.2, 0) is 44.7 Å². The fourth-order valence-corrected chi connectivity index (χ4v) is 6.60. The summed E-state index contributed by atoms with van der Waals surface area (Å²) in [4.78, 5) is 60.9. The molecule has 0 aliphatic heterocycles. The number of carbonyl (C=O) groups excluding carboxylic acids is 4. The number of rotatable bonds is 10. The van der Waals surface area contributed by atoms with E-state index in [0.29, 0.717) is 31.2 Å². The number of halogens is 1. The Kier molecular flexibility index (Phi) is 11.7. The Labute approximate surface area is 303 Å². The van der Waals surface area contributed by atoms with Crippen LogP contribution in [0.15, 0.2) is 85.5 Å². The number of pyridine rings is 2. The molecule has 0 spiro atoms. The number of benzene rings is 2. The van der Waals surface area contributed by atoms with E-state index in [2.05, 4.69) is 20.6 Å². The number of hydrogen-bond acceptors (Lipinski definition) is 9. The van der Waals surface area contributed by atoms with Gasteiger partial charge in [-0.2, -0.15) is 0 Å². The number of esters is 2. The Hall–Kier alpha value is -5.65. The topological polar surface area (TPSA) is 140 Å². The highest BCUT2D eigenvalue weighted by Crippen LogP contribution is 2.33. The third-order valence-corrected chi connectivity index (χ3v) is 9.46. The summed E-state index contributed by atoms with van der Waals surface area (Å²) in [6, 6.07) is 18.6. The fourth-order valence-electron chi connectivity index (χ4n) is 6.60. The van der Waals surface area contributed by atoms with E-state index in [1.807, 2.05) is 74.3 Å². The number of nitrogens with zero attached hydrogens (tertiary/aromatic N) is 3. The molecule has 12 heteroatoms. The van der Waals surface area contributed by atoms with Gasteiger partial charge in [0.25, 0.3) is 11.8 Å². The predicted molar refractivity (Wildman–Crippen MR) is 193 cm³/mol. The minimum Gasteiger partial charge on any atom is -0.464 e. The van der Waals surface area contributed by atoms with Gasteiger partial charge in [0.2, 0.25) is 0 Å². The summed E-state index contributed by atoms with van der Waals surface area (Å²) in [5.41, 5.74) is 2.83. The molecule has 0 unspecified atom stereocenters. The summed E-state index contributed by atoms with van der Waals surface area (Å²) in [6.45, 7) is 8.04. The fraction of sp³-hybridized carbons (Fsp3) is 0.350. The minimum atomic E-state index is -1.22. The van der Waals surface area contributed by atoms with Crippen LogP contribution >= 0.6 is 0 Å². The molecular formula is C40H44FN5O6. The molecule has 2 aromatic carbocycles. The molecule has 2 aliphatic rings. The second kappa shape index (κ2) is 16.1. The maximum absolute atomic E-state index is 13.8. The molecule has 52 heavy (non-hydrogen) atoms. The molecule has 2 N–H and O–H groups in total. The summed E-state index contributed by atoms with van der Waals surface area (Å²) >= 11 is 0. The van der Waals surface area contributed by atoms with Gasteiger partial charge in [0.1, 0.15) is 11.1 Å². The van der Waals surface area contributed by atoms with E-state index in [1.54, 1.807) is 32.3 Å². The summed E-state index contributed by atoms with van der Waals surface area (Å²) in [5, 5.41) is 5.71. The largest absolute Gasteiger partial charge is 0.464 e. The van der Waals surface area contributed by atoms with E-state index in [4.69, 9.17) is 9.47 Å². The molecule has 6 rings (SSSR count). The van der Waals surface area contributed by atoms with Crippen LogP contribution < -0.4 is 15.5 Å². The summed E-state index contributed by atoms with van der Waals surface area (Å²) in [7, 11) is 1.92. The van der Waals surface area contributed by atoms with E-state index in [1.165, 1.54) is 12.3 Å². The highest BCUT2D eigenvalue weighted by atomic mass is 19.1. The van der Waals surface area contributed by atoms with Crippen LogP contribution in [0.5, 0.6) is 0 Å². The molecule has 0 saturated carbocycles. The van der Waals surface area contributed by atoms with Crippen molar-refractivity contribution < 1.29 is 33.0 Å². The molecule has 0 saturated heterocycles. The summed E-state index contributed by atoms with van der Waals surface area (Å²) in [6.07, 6.45) is 7.05. The van der Waals surface area contributed by atoms with Crippen molar-refractivity contribution in [3.05, 3.63) is 125 Å². The molecular weight excluding hydrogens is 665 g/mol. The molecule has 0 fully saturated rings. The van der Waals surface area contributed by atoms with Gasteiger partial charge in [0.15, 0.2) is 5.82 Å². The third-order valence-electron chi connectivity index (χ3n) is 9.46. The Bertz CT molecular complexity index is 1900. The van der Waals surface area contributed by atoms with Crippen molar-refractivity contribution in [2.45, 2.75) is 70.5 Å². The number of anilines is 1. The normalized spacial score (nSPS) is 14.6. The van der Waals surface area contributed by atoms with Crippen LogP contribution in [0.2, 0.25) is 0 Å². The molecule has 2 heterocycles. The van der Waals surface area contributed by atoms with E-state index in [-0.39, 0.29) is 30.7 Å². The van der Waals surface area contributed by atoms with Gasteiger partial charge in [0.05, 0.1) is 42.4 Å². The van der Waals surface area contributed by atoms with Gasteiger partial charge in [-0.25, -0.2) is 14.0 Å². The van der Waals surface area contributed by atoms with Crippen molar-refractivity contribution in [2.75, 3.05) is 25.2 Å². The molecule has 272 valence electrons. The van der Waals surface area contributed by atoms with Crippen molar-refractivity contribution in [2.24, 2.45) is 0 Å². The maximum Gasteiger partial charge on any atom is 0.332 e. The first kappa shape index (κ1) is 37.6. The lowest BCUT2D eigenvalue weighted by Crippen LogP contribution is -2.56. The summed E-state index contributed by atoms with van der Waals surface area (Å²) < 4.78 is 24.3. The van der Waals surface area contributed by atoms with E-state index in [0.717, 1.165) is 34.1 Å². The standard InChI is InChI=1S/C22H27N3O3.C18H17FN2O3/c1-5-28-21(27)22(12-16-8-6-7-9-17(16)13-22)24-20(26)18-10-11-23-14-19(18)25(4)15(2)3;1-2-24-17(23)18(9-12-5-3-4-6-13(12)10-18)21-16(22)14-7-8-20-11-15(14)19/h6-11,14-15H,5,12-13H2,1-4H3,(H,24,26);3-8,11H,2,9-10H2,1H3,(H,21,22). The smallest absolute Gasteiger partial charge is 0.332 e. The zero-order valence-corrected chi connectivity index (χ0v) is 30.1. The molecule has 0 bridgehead atoms. The van der Waals surface area contributed by atoms with Gasteiger partial charge in [-0.15, -0.1) is 0 Å². The van der Waals surface area contributed by atoms with Crippen molar-refractivity contribution in [1.82, 2.24) is 20.6 Å². The number of nitrogens with one attached hydrogen (secondary N) is 2. The van der Waals surface area contributed by atoms with Crippen molar-refractivity contribution in [3.63, 3.8) is 0 Å². The lowest BCUT2D eigenvalue weighted by molar-refractivity contribution is -0.151. The lowest BCUT2D eigenvalue weighted by atomic mass is 9.94. The Morgan fingerprint density at radius 2 is 1.12 bits per heavy atom. The Morgan fingerprint density at radius 1 is 0.712 bits per heavy atom. The molecule has 11 nitrogen and oxygen atoms in total.